The number of rotatable bonds is 39. The first kappa shape index (κ1) is 58.5. The Morgan fingerprint density at radius 2 is 0.937 bits per heavy atom. The van der Waals surface area contributed by atoms with E-state index in [9.17, 15) is 39.8 Å². The Morgan fingerprint density at radius 1 is 0.524 bits per heavy atom. The van der Waals surface area contributed by atoms with Gasteiger partial charge in [0.1, 0.15) is 42.7 Å². The highest BCUT2D eigenvalue weighted by Crippen LogP contribution is 2.47. The minimum absolute atomic E-state index is 0.0985. The highest BCUT2D eigenvalue weighted by Gasteiger charge is 2.51. The van der Waals surface area contributed by atoms with Crippen molar-refractivity contribution in [3.63, 3.8) is 0 Å². The van der Waals surface area contributed by atoms with Gasteiger partial charge in [-0.15, -0.1) is 0 Å². The molecule has 6 unspecified atom stereocenters. The molecular weight excluding hydrogens is 824 g/mol. The third kappa shape index (κ3) is 31.9. The van der Waals surface area contributed by atoms with Gasteiger partial charge in [-0.3, -0.25) is 13.8 Å². The summed E-state index contributed by atoms with van der Waals surface area (Å²) in [4.78, 5) is 23.1. The second-order valence-electron chi connectivity index (χ2n) is 16.2. The molecule has 0 aromatic heterocycles. The molecule has 0 aliphatic heterocycles. The highest BCUT2D eigenvalue weighted by atomic mass is 31.2. The second kappa shape index (κ2) is 39.8. The average Bonchev–Trinajstić information content (AvgIpc) is 3.27. The quantitative estimate of drug-likeness (QED) is 0.0148. The number of ether oxygens (including phenoxy) is 2. The van der Waals surface area contributed by atoms with Crippen LogP contribution in [0.25, 0.3) is 0 Å². The maximum Gasteiger partial charge on any atom is 0.472 e. The van der Waals surface area contributed by atoms with Crippen molar-refractivity contribution >= 4 is 13.8 Å². The summed E-state index contributed by atoms with van der Waals surface area (Å²) >= 11 is 0. The molecule has 0 saturated heterocycles. The third-order valence-corrected chi connectivity index (χ3v) is 11.5. The van der Waals surface area contributed by atoms with E-state index in [-0.39, 0.29) is 13.0 Å². The first-order valence-electron chi connectivity index (χ1n) is 23.9. The zero-order valence-corrected chi connectivity index (χ0v) is 39.5. The van der Waals surface area contributed by atoms with Gasteiger partial charge in [0, 0.05) is 13.0 Å². The molecule has 63 heavy (non-hydrogen) atoms. The molecule has 1 aliphatic carbocycles. The third-order valence-electron chi connectivity index (χ3n) is 10.5. The van der Waals surface area contributed by atoms with E-state index in [1.54, 1.807) is 0 Å². The lowest BCUT2D eigenvalue weighted by atomic mass is 9.85. The molecule has 0 radical (unpaired) electrons. The monoisotopic (exact) mass is 909 g/mol. The van der Waals surface area contributed by atoms with Crippen molar-refractivity contribution in [3.8, 4) is 0 Å². The molecule has 0 spiro atoms. The molecule has 0 bridgehead atoms. The van der Waals surface area contributed by atoms with Gasteiger partial charge in [-0.25, -0.2) is 4.57 Å². The standard InChI is InChI=1S/C50H85O12P/c1-3-5-7-9-11-13-15-17-18-19-20-21-22-23-24-25-26-27-28-30-32-34-36-38-40-59-41-43(61-44(51)39-37-35-33-31-29-16-14-12-10-8-6-4-2)42-60-63(57,58)62-50-48(55)46(53)45(52)47(54)49(50)56/h5,7,11-14,17-18,20-21,23-24,26-27,43,45-50,52-56H,3-4,6,8-10,15-16,19,22,25,28-42H2,1-2H3,(H,57,58)/b7-5-,13-11-,14-12-,18-17-,21-20-,24-23-,27-26-. The van der Waals surface area contributed by atoms with Gasteiger partial charge in [0.05, 0.1) is 13.2 Å². The van der Waals surface area contributed by atoms with Crippen LogP contribution in [0.2, 0.25) is 0 Å². The molecule has 12 nitrogen and oxygen atoms in total. The topological polar surface area (TPSA) is 192 Å². The maximum absolute atomic E-state index is 12.8. The van der Waals surface area contributed by atoms with Crippen LogP contribution >= 0.6 is 7.82 Å². The van der Waals surface area contributed by atoms with Crippen LogP contribution in [0, 0.1) is 0 Å². The fourth-order valence-electron chi connectivity index (χ4n) is 6.70. The summed E-state index contributed by atoms with van der Waals surface area (Å²) in [5, 5.41) is 50.2. The first-order valence-corrected chi connectivity index (χ1v) is 25.4. The number of carbonyl (C=O) groups excluding carboxylic acids is 1. The minimum atomic E-state index is -5.03. The van der Waals surface area contributed by atoms with Crippen molar-refractivity contribution in [2.75, 3.05) is 19.8 Å². The van der Waals surface area contributed by atoms with Gasteiger partial charge >= 0.3 is 13.8 Å². The molecule has 0 heterocycles. The number of allylic oxidation sites excluding steroid dienone is 14. The molecule has 13 heteroatoms. The Morgan fingerprint density at radius 3 is 1.44 bits per heavy atom. The lowest BCUT2D eigenvalue weighted by Crippen LogP contribution is -2.64. The van der Waals surface area contributed by atoms with Crippen LogP contribution in [0.15, 0.2) is 85.1 Å². The molecule has 0 aromatic carbocycles. The number of esters is 1. The Labute approximate surface area is 380 Å². The maximum atomic E-state index is 12.8. The lowest BCUT2D eigenvalue weighted by molar-refractivity contribution is -0.220. The van der Waals surface area contributed by atoms with Crippen molar-refractivity contribution in [2.45, 2.75) is 204 Å². The molecule has 1 saturated carbocycles. The van der Waals surface area contributed by atoms with E-state index in [0.29, 0.717) is 13.0 Å². The van der Waals surface area contributed by atoms with E-state index in [2.05, 4.69) is 98.9 Å². The fourth-order valence-corrected chi connectivity index (χ4v) is 7.68. The van der Waals surface area contributed by atoms with E-state index in [1.807, 2.05) is 0 Å². The Kier molecular flexibility index (Phi) is 37.0. The Bertz CT molecular complexity index is 1360. The van der Waals surface area contributed by atoms with Crippen LogP contribution in [-0.4, -0.2) is 98.9 Å². The molecule has 6 atom stereocenters. The Hall–Kier alpha value is -2.48. The second-order valence-corrected chi connectivity index (χ2v) is 17.6. The number of hydrogen-bond acceptors (Lipinski definition) is 11. The molecule has 0 amide bonds. The van der Waals surface area contributed by atoms with Crippen LogP contribution in [-0.2, 0) is 27.9 Å². The molecule has 362 valence electrons. The summed E-state index contributed by atoms with van der Waals surface area (Å²) in [7, 11) is -5.03. The largest absolute Gasteiger partial charge is 0.472 e. The molecule has 0 aromatic rings. The van der Waals surface area contributed by atoms with Crippen LogP contribution in [0.1, 0.15) is 162 Å². The van der Waals surface area contributed by atoms with Crippen molar-refractivity contribution in [2.24, 2.45) is 0 Å². The van der Waals surface area contributed by atoms with Gasteiger partial charge in [0.25, 0.3) is 0 Å². The van der Waals surface area contributed by atoms with Crippen molar-refractivity contribution < 1.29 is 58.3 Å². The molecule has 1 rings (SSSR count). The summed E-state index contributed by atoms with van der Waals surface area (Å²) in [5.74, 6) is -0.499. The first-order chi connectivity index (χ1) is 30.5. The van der Waals surface area contributed by atoms with E-state index < -0.39 is 63.1 Å². The number of phosphoric acid groups is 1. The summed E-state index contributed by atoms with van der Waals surface area (Å²) in [5.41, 5.74) is 0. The fraction of sp³-hybridized carbons (Fsp3) is 0.700. The average molecular weight is 909 g/mol. The minimum Gasteiger partial charge on any atom is -0.457 e. The summed E-state index contributed by atoms with van der Waals surface area (Å²) in [6.45, 7) is 4.04. The zero-order chi connectivity index (χ0) is 46.2. The number of unbranched alkanes of at least 4 members (excludes halogenated alkanes) is 13. The number of aliphatic hydroxyl groups excluding tert-OH is 5. The van der Waals surface area contributed by atoms with Gasteiger partial charge in [-0.05, 0) is 89.9 Å². The van der Waals surface area contributed by atoms with Gasteiger partial charge < -0.3 is 39.9 Å². The van der Waals surface area contributed by atoms with Crippen LogP contribution < -0.4 is 0 Å². The molecular formula is C50H85O12P. The summed E-state index contributed by atoms with van der Waals surface area (Å²) in [6.07, 6.45) is 40.8. The van der Waals surface area contributed by atoms with Crippen molar-refractivity contribution in [1.82, 2.24) is 0 Å². The van der Waals surface area contributed by atoms with Gasteiger partial charge in [0.15, 0.2) is 0 Å². The van der Waals surface area contributed by atoms with Crippen molar-refractivity contribution in [1.29, 1.82) is 0 Å². The van der Waals surface area contributed by atoms with E-state index in [4.69, 9.17) is 18.5 Å². The highest BCUT2D eigenvalue weighted by molar-refractivity contribution is 7.47. The number of hydrogen-bond donors (Lipinski definition) is 6. The van der Waals surface area contributed by atoms with Crippen LogP contribution in [0.5, 0.6) is 0 Å². The number of carbonyl (C=O) groups is 1. The van der Waals surface area contributed by atoms with Gasteiger partial charge in [-0.2, -0.15) is 0 Å². The SMILES string of the molecule is CC/C=C\C/C=C\C/C=C\C/C=C\C/C=C\C/C=C\CCCCCCCOCC(COP(=O)(O)OC1C(O)C(O)C(O)C(O)C1O)OC(=O)CCCCCCC/C=C\CCCCC. The van der Waals surface area contributed by atoms with Crippen LogP contribution in [0.3, 0.4) is 0 Å². The smallest absolute Gasteiger partial charge is 0.457 e. The summed E-state index contributed by atoms with van der Waals surface area (Å²) < 4.78 is 34.1. The Balaban J connectivity index is 2.37. The molecule has 1 aliphatic rings. The normalized spacial score (nSPS) is 22.6. The zero-order valence-electron chi connectivity index (χ0n) is 38.6. The number of aliphatic hydroxyl groups is 5. The van der Waals surface area contributed by atoms with E-state index in [0.717, 1.165) is 116 Å². The predicted molar refractivity (Wildman–Crippen MR) is 253 cm³/mol. The predicted octanol–water partition coefficient (Wildman–Crippen LogP) is 10.1. The van der Waals surface area contributed by atoms with E-state index >= 15 is 0 Å². The molecule has 6 N–H and O–H groups in total. The van der Waals surface area contributed by atoms with Gasteiger partial charge in [-0.1, -0.05) is 150 Å². The number of phosphoric ester groups is 1. The molecule has 1 fully saturated rings. The van der Waals surface area contributed by atoms with Crippen molar-refractivity contribution in [3.05, 3.63) is 85.1 Å². The summed E-state index contributed by atoms with van der Waals surface area (Å²) in [6, 6.07) is 0. The van der Waals surface area contributed by atoms with Crippen LogP contribution in [0.4, 0.5) is 0 Å². The van der Waals surface area contributed by atoms with Gasteiger partial charge in [0.2, 0.25) is 0 Å². The van der Waals surface area contributed by atoms with E-state index in [1.165, 1.54) is 19.3 Å². The lowest BCUT2D eigenvalue weighted by Gasteiger charge is -2.41.